The van der Waals surface area contributed by atoms with E-state index < -0.39 is 0 Å². The van der Waals surface area contributed by atoms with Crippen molar-refractivity contribution in [2.24, 2.45) is 0 Å². The van der Waals surface area contributed by atoms with Gasteiger partial charge in [0.1, 0.15) is 5.58 Å². The number of methoxy groups -OCH3 is 1. The molecule has 0 aliphatic rings. The highest BCUT2D eigenvalue weighted by Gasteiger charge is 2.19. The van der Waals surface area contributed by atoms with E-state index in [1.165, 1.54) is 41.5 Å². The zero-order valence-corrected chi connectivity index (χ0v) is 21.6. The van der Waals surface area contributed by atoms with Crippen LogP contribution in [0.2, 0.25) is 0 Å². The van der Waals surface area contributed by atoms with Crippen molar-refractivity contribution in [1.29, 1.82) is 0 Å². The van der Waals surface area contributed by atoms with E-state index in [0.717, 1.165) is 28.5 Å². The minimum Gasteiger partial charge on any atom is -0.493 e. The lowest BCUT2D eigenvalue weighted by atomic mass is 10.1. The van der Waals surface area contributed by atoms with E-state index in [0.29, 0.717) is 39.2 Å². The SMILES string of the molecule is CCCCCCCOc1ccc(/C=c2/sc3nc(-c4oc5ccccc5c4C)nn3c2=O)cc1OC. The molecule has 36 heavy (non-hydrogen) atoms. The largest absolute Gasteiger partial charge is 0.493 e. The maximum atomic E-state index is 13.1. The molecular weight excluding hydrogens is 474 g/mol. The average Bonchev–Trinajstić information content (AvgIpc) is 3.54. The molecule has 0 saturated heterocycles. The molecule has 0 fully saturated rings. The topological polar surface area (TPSA) is 78.9 Å². The van der Waals surface area contributed by atoms with Crippen LogP contribution in [0, 0.1) is 6.92 Å². The molecule has 3 heterocycles. The van der Waals surface area contributed by atoms with Crippen LogP contribution >= 0.6 is 11.3 Å². The monoisotopic (exact) mass is 503 g/mol. The highest BCUT2D eigenvalue weighted by Crippen LogP contribution is 2.31. The van der Waals surface area contributed by atoms with Gasteiger partial charge in [0, 0.05) is 10.9 Å². The van der Waals surface area contributed by atoms with Crippen LogP contribution in [-0.4, -0.2) is 28.3 Å². The van der Waals surface area contributed by atoms with Crippen molar-refractivity contribution in [2.45, 2.75) is 46.0 Å². The lowest BCUT2D eigenvalue weighted by Gasteiger charge is -2.11. The molecule has 186 valence electrons. The summed E-state index contributed by atoms with van der Waals surface area (Å²) in [6, 6.07) is 13.5. The van der Waals surface area contributed by atoms with E-state index in [4.69, 9.17) is 13.9 Å². The zero-order valence-electron chi connectivity index (χ0n) is 20.7. The van der Waals surface area contributed by atoms with Crippen LogP contribution in [0.1, 0.15) is 50.2 Å². The van der Waals surface area contributed by atoms with Gasteiger partial charge in [-0.1, -0.05) is 68.2 Å². The first-order valence-electron chi connectivity index (χ1n) is 12.3. The Morgan fingerprint density at radius 3 is 2.69 bits per heavy atom. The van der Waals surface area contributed by atoms with E-state index in [1.54, 1.807) is 7.11 Å². The number of fused-ring (bicyclic) bond motifs is 2. The number of thiazole rings is 1. The van der Waals surface area contributed by atoms with Gasteiger partial charge in [-0.15, -0.1) is 5.10 Å². The normalized spacial score (nSPS) is 12.1. The number of benzene rings is 2. The van der Waals surface area contributed by atoms with Gasteiger partial charge in [-0.25, -0.2) is 0 Å². The molecule has 5 aromatic rings. The third kappa shape index (κ3) is 4.73. The van der Waals surface area contributed by atoms with Gasteiger partial charge in [0.15, 0.2) is 17.3 Å². The number of nitrogens with zero attached hydrogens (tertiary/aromatic N) is 3. The second kappa shape index (κ2) is 10.5. The van der Waals surface area contributed by atoms with Crippen molar-refractivity contribution in [3.63, 3.8) is 0 Å². The van der Waals surface area contributed by atoms with Crippen molar-refractivity contribution >= 4 is 33.3 Å². The van der Waals surface area contributed by atoms with Gasteiger partial charge < -0.3 is 13.9 Å². The first-order valence-corrected chi connectivity index (χ1v) is 13.1. The Kier molecular flexibility index (Phi) is 7.04. The third-order valence-corrected chi connectivity index (χ3v) is 7.18. The lowest BCUT2D eigenvalue weighted by Crippen LogP contribution is -2.23. The smallest absolute Gasteiger partial charge is 0.291 e. The fourth-order valence-corrected chi connectivity index (χ4v) is 5.16. The number of rotatable bonds is 10. The molecular formula is C28H29N3O4S. The van der Waals surface area contributed by atoms with E-state index >= 15 is 0 Å². The standard InChI is InChI=1S/C28H29N3O4S/c1-4-5-6-7-10-15-34-22-14-13-19(16-23(22)33-3)17-24-27(32)31-28(36-24)29-26(30-31)25-18(2)20-11-8-9-12-21(20)35-25/h8-9,11-14,16-17H,4-7,10,15H2,1-3H3/b24-17+. The van der Waals surface area contributed by atoms with Crippen LogP contribution in [0.15, 0.2) is 51.7 Å². The molecule has 3 aromatic heterocycles. The fraction of sp³-hybridized carbons (Fsp3) is 0.321. The fourth-order valence-electron chi connectivity index (χ4n) is 4.25. The Morgan fingerprint density at radius 2 is 1.92 bits per heavy atom. The summed E-state index contributed by atoms with van der Waals surface area (Å²) in [6.07, 6.45) is 7.74. The molecule has 0 bridgehead atoms. The van der Waals surface area contributed by atoms with Crippen LogP contribution in [0.25, 0.3) is 33.6 Å². The Labute approximate surface area is 213 Å². The van der Waals surface area contributed by atoms with Gasteiger partial charge in [-0.2, -0.15) is 9.50 Å². The number of furan rings is 1. The van der Waals surface area contributed by atoms with E-state index in [9.17, 15) is 4.79 Å². The molecule has 8 heteroatoms. The number of aromatic nitrogens is 3. The van der Waals surface area contributed by atoms with Crippen LogP contribution in [0.5, 0.6) is 11.5 Å². The summed E-state index contributed by atoms with van der Waals surface area (Å²) in [4.78, 5) is 18.2. The highest BCUT2D eigenvalue weighted by molar-refractivity contribution is 7.15. The summed E-state index contributed by atoms with van der Waals surface area (Å²) < 4.78 is 19.3. The zero-order chi connectivity index (χ0) is 25.1. The van der Waals surface area contributed by atoms with Crippen molar-refractivity contribution in [1.82, 2.24) is 14.6 Å². The quantitative estimate of drug-likeness (QED) is 0.225. The molecule has 0 saturated carbocycles. The first-order chi connectivity index (χ1) is 17.6. The molecule has 0 radical (unpaired) electrons. The van der Waals surface area contributed by atoms with Gasteiger partial charge in [0.05, 0.1) is 18.2 Å². The van der Waals surface area contributed by atoms with Gasteiger partial charge in [-0.3, -0.25) is 4.79 Å². The minimum atomic E-state index is -0.214. The first kappa shape index (κ1) is 24.1. The Hall–Kier alpha value is -3.65. The number of hydrogen-bond acceptors (Lipinski definition) is 7. The van der Waals surface area contributed by atoms with Crippen LogP contribution in [-0.2, 0) is 0 Å². The van der Waals surface area contributed by atoms with Gasteiger partial charge >= 0.3 is 0 Å². The summed E-state index contributed by atoms with van der Waals surface area (Å²) >= 11 is 1.30. The van der Waals surface area contributed by atoms with Crippen molar-refractivity contribution in [2.75, 3.05) is 13.7 Å². The summed E-state index contributed by atoms with van der Waals surface area (Å²) in [5.41, 5.74) is 2.36. The average molecular weight is 504 g/mol. The van der Waals surface area contributed by atoms with Crippen molar-refractivity contribution in [3.8, 4) is 23.1 Å². The Balaban J connectivity index is 1.38. The molecule has 0 amide bonds. The summed E-state index contributed by atoms with van der Waals surface area (Å²) in [7, 11) is 1.62. The van der Waals surface area contributed by atoms with E-state index in [1.807, 2.05) is 55.5 Å². The number of unbranched alkanes of at least 4 members (excludes halogenated alkanes) is 4. The minimum absolute atomic E-state index is 0.214. The highest BCUT2D eigenvalue weighted by atomic mass is 32.1. The van der Waals surface area contributed by atoms with E-state index in [-0.39, 0.29) is 5.56 Å². The van der Waals surface area contributed by atoms with Crippen LogP contribution in [0.3, 0.4) is 0 Å². The van der Waals surface area contributed by atoms with Crippen molar-refractivity contribution in [3.05, 3.63) is 68.5 Å². The maximum absolute atomic E-state index is 13.1. The van der Waals surface area contributed by atoms with Crippen LogP contribution < -0.4 is 19.6 Å². The Bertz CT molecular complexity index is 1620. The number of para-hydroxylation sites is 1. The molecule has 7 nitrogen and oxygen atoms in total. The summed E-state index contributed by atoms with van der Waals surface area (Å²) in [6.45, 7) is 4.84. The van der Waals surface area contributed by atoms with Crippen molar-refractivity contribution < 1.29 is 13.9 Å². The second-order valence-corrected chi connectivity index (χ2v) is 9.78. The molecule has 0 atom stereocenters. The summed E-state index contributed by atoms with van der Waals surface area (Å²) in [5, 5.41) is 5.47. The molecule has 0 spiro atoms. The molecule has 0 aliphatic carbocycles. The maximum Gasteiger partial charge on any atom is 0.291 e. The number of aryl methyl sites for hydroxylation is 1. The predicted molar refractivity (Wildman–Crippen MR) is 143 cm³/mol. The molecule has 2 aromatic carbocycles. The number of ether oxygens (including phenoxy) is 2. The van der Waals surface area contributed by atoms with E-state index in [2.05, 4.69) is 17.0 Å². The molecule has 0 unspecified atom stereocenters. The predicted octanol–water partition coefficient (Wildman–Crippen LogP) is 5.78. The van der Waals surface area contributed by atoms with Gasteiger partial charge in [-0.05, 0) is 43.2 Å². The lowest BCUT2D eigenvalue weighted by molar-refractivity contribution is 0.285. The van der Waals surface area contributed by atoms with Gasteiger partial charge in [0.2, 0.25) is 10.8 Å². The molecule has 0 N–H and O–H groups in total. The molecule has 5 rings (SSSR count). The third-order valence-electron chi connectivity index (χ3n) is 6.22. The molecule has 0 aliphatic heterocycles. The second-order valence-electron chi connectivity index (χ2n) is 8.77. The number of hydrogen-bond donors (Lipinski definition) is 0. The van der Waals surface area contributed by atoms with Gasteiger partial charge in [0.25, 0.3) is 5.56 Å². The Morgan fingerprint density at radius 1 is 1.08 bits per heavy atom. The van der Waals surface area contributed by atoms with Crippen LogP contribution in [0.4, 0.5) is 0 Å². The summed E-state index contributed by atoms with van der Waals surface area (Å²) in [5.74, 6) is 2.35.